The molecule has 1 heterocycles. The number of hydrogen-bond acceptors (Lipinski definition) is 3. The summed E-state index contributed by atoms with van der Waals surface area (Å²) in [5.41, 5.74) is 0.356. The van der Waals surface area contributed by atoms with Gasteiger partial charge in [0.1, 0.15) is 0 Å². The van der Waals surface area contributed by atoms with Crippen LogP contribution in [0.2, 0.25) is 0 Å². The van der Waals surface area contributed by atoms with E-state index in [1.54, 1.807) is 6.26 Å². The van der Waals surface area contributed by atoms with Gasteiger partial charge in [-0.15, -0.1) is 0 Å². The van der Waals surface area contributed by atoms with Gasteiger partial charge in [0.05, 0.1) is 6.54 Å². The second kappa shape index (κ2) is 4.87. The molecule has 1 unspecified atom stereocenters. The van der Waals surface area contributed by atoms with E-state index in [4.69, 9.17) is 0 Å². The van der Waals surface area contributed by atoms with E-state index in [-0.39, 0.29) is 0 Å². The molecule has 0 aromatic heterocycles. The molecule has 2 fully saturated rings. The van der Waals surface area contributed by atoms with Crippen LogP contribution in [0.25, 0.3) is 0 Å². The summed E-state index contributed by atoms with van der Waals surface area (Å²) < 4.78 is 10.9. The highest BCUT2D eigenvalue weighted by Crippen LogP contribution is 2.37. The molecule has 86 valence electrons. The van der Waals surface area contributed by atoms with Crippen LogP contribution in [0.5, 0.6) is 0 Å². The highest BCUT2D eigenvalue weighted by Gasteiger charge is 2.39. The fourth-order valence-corrected chi connectivity index (χ4v) is 3.78. The van der Waals surface area contributed by atoms with E-state index in [0.29, 0.717) is 17.8 Å². The lowest BCUT2D eigenvalue weighted by Gasteiger charge is -2.21. The van der Waals surface area contributed by atoms with Crippen LogP contribution >= 0.6 is 11.8 Å². The molecule has 1 aliphatic carbocycles. The first-order valence-electron chi connectivity index (χ1n) is 5.46. The molecule has 1 aliphatic heterocycles. The summed E-state index contributed by atoms with van der Waals surface area (Å²) in [7, 11) is -0.720. The Balaban J connectivity index is 1.83. The van der Waals surface area contributed by atoms with Gasteiger partial charge in [0.2, 0.25) is 0 Å². The molecule has 1 saturated heterocycles. The van der Waals surface area contributed by atoms with Gasteiger partial charge in [-0.25, -0.2) is 0 Å². The summed E-state index contributed by atoms with van der Waals surface area (Å²) in [5, 5.41) is 4.63. The molecule has 2 rings (SSSR count). The third-order valence-electron chi connectivity index (χ3n) is 3.05. The van der Waals surface area contributed by atoms with Crippen LogP contribution in [-0.4, -0.2) is 39.2 Å². The van der Waals surface area contributed by atoms with Crippen molar-refractivity contribution in [1.82, 2.24) is 5.32 Å². The third-order valence-corrected chi connectivity index (χ3v) is 5.01. The Bertz CT molecular complexity index is 285. The minimum atomic E-state index is -0.720. The standard InChI is InChI=1S/C10H18N2OS2/c1-15(13)7-6-11-9-12-10(8-14-9)4-2-3-5-10/h2-8H2,1H3,(H,11,12). The van der Waals surface area contributed by atoms with Crippen LogP contribution in [0, 0.1) is 0 Å². The molecule has 3 nitrogen and oxygen atoms in total. The maximum atomic E-state index is 10.9. The summed E-state index contributed by atoms with van der Waals surface area (Å²) in [6.45, 7) is 0.689. The van der Waals surface area contributed by atoms with Crippen molar-refractivity contribution in [1.29, 1.82) is 0 Å². The van der Waals surface area contributed by atoms with Gasteiger partial charge in [0.15, 0.2) is 5.17 Å². The molecule has 0 amide bonds. The fraction of sp³-hybridized carbons (Fsp3) is 0.900. The molecule has 1 spiro atoms. The van der Waals surface area contributed by atoms with Gasteiger partial charge in [-0.3, -0.25) is 9.20 Å². The molecule has 5 heteroatoms. The van der Waals surface area contributed by atoms with Gasteiger partial charge < -0.3 is 5.32 Å². The minimum absolute atomic E-state index is 0.356. The predicted molar refractivity (Wildman–Crippen MR) is 68.0 cm³/mol. The van der Waals surface area contributed by atoms with Crippen LogP contribution in [0.15, 0.2) is 4.99 Å². The fourth-order valence-electron chi connectivity index (χ4n) is 2.19. The number of hydrogen-bond donors (Lipinski definition) is 1. The van der Waals surface area contributed by atoms with E-state index >= 15 is 0 Å². The number of rotatable bonds is 3. The quantitative estimate of drug-likeness (QED) is 0.818. The first-order chi connectivity index (χ1) is 7.20. The van der Waals surface area contributed by atoms with Gasteiger partial charge in [-0.05, 0) is 12.8 Å². The van der Waals surface area contributed by atoms with E-state index in [0.717, 1.165) is 5.17 Å². The van der Waals surface area contributed by atoms with Crippen molar-refractivity contribution in [2.75, 3.05) is 24.3 Å². The van der Waals surface area contributed by atoms with Gasteiger partial charge in [-0.2, -0.15) is 0 Å². The zero-order valence-electron chi connectivity index (χ0n) is 9.12. The molecule has 0 aromatic rings. The molecule has 15 heavy (non-hydrogen) atoms. The first kappa shape index (κ1) is 11.5. The van der Waals surface area contributed by atoms with E-state index in [1.165, 1.54) is 31.4 Å². The van der Waals surface area contributed by atoms with Crippen molar-refractivity contribution in [2.24, 2.45) is 4.99 Å². The van der Waals surface area contributed by atoms with Crippen LogP contribution < -0.4 is 5.32 Å². The zero-order chi connectivity index (χ0) is 10.7. The summed E-state index contributed by atoms with van der Waals surface area (Å²) >= 11 is 1.83. The molecule has 2 aliphatic rings. The number of amidine groups is 1. The van der Waals surface area contributed by atoms with E-state index in [9.17, 15) is 4.21 Å². The lowest BCUT2D eigenvalue weighted by atomic mass is 10.0. The Morgan fingerprint density at radius 1 is 1.53 bits per heavy atom. The van der Waals surface area contributed by atoms with Crippen molar-refractivity contribution in [3.63, 3.8) is 0 Å². The minimum Gasteiger partial charge on any atom is -0.359 e. The highest BCUT2D eigenvalue weighted by molar-refractivity contribution is 8.14. The van der Waals surface area contributed by atoms with Crippen LogP contribution in [0.3, 0.4) is 0 Å². The Hall–Kier alpha value is -0.0300. The average Bonchev–Trinajstić information content (AvgIpc) is 2.78. The summed E-state index contributed by atoms with van der Waals surface area (Å²) in [6, 6.07) is 0. The Morgan fingerprint density at radius 3 is 2.93 bits per heavy atom. The topological polar surface area (TPSA) is 41.5 Å². The zero-order valence-corrected chi connectivity index (χ0v) is 10.8. The van der Waals surface area contributed by atoms with Crippen LogP contribution in [-0.2, 0) is 10.8 Å². The van der Waals surface area contributed by atoms with Crippen LogP contribution in [0.1, 0.15) is 25.7 Å². The highest BCUT2D eigenvalue weighted by atomic mass is 32.2. The number of thioether (sulfide) groups is 1. The second-order valence-electron chi connectivity index (χ2n) is 4.37. The van der Waals surface area contributed by atoms with Crippen molar-refractivity contribution in [2.45, 2.75) is 31.2 Å². The van der Waals surface area contributed by atoms with E-state index in [1.807, 2.05) is 11.8 Å². The molecule has 1 saturated carbocycles. The maximum Gasteiger partial charge on any atom is 0.157 e. The largest absolute Gasteiger partial charge is 0.359 e. The maximum absolute atomic E-state index is 10.9. The van der Waals surface area contributed by atoms with Gasteiger partial charge in [0.25, 0.3) is 0 Å². The van der Waals surface area contributed by atoms with Crippen molar-refractivity contribution in [3.8, 4) is 0 Å². The van der Waals surface area contributed by atoms with Gasteiger partial charge in [-0.1, -0.05) is 24.6 Å². The molecule has 1 atom stereocenters. The molecule has 0 aromatic carbocycles. The molecule has 1 N–H and O–H groups in total. The van der Waals surface area contributed by atoms with E-state index in [2.05, 4.69) is 10.3 Å². The summed E-state index contributed by atoms with van der Waals surface area (Å²) in [4.78, 5) is 4.46. The summed E-state index contributed by atoms with van der Waals surface area (Å²) in [6.07, 6.45) is 7.00. The van der Waals surface area contributed by atoms with Crippen molar-refractivity contribution < 1.29 is 4.21 Å². The second-order valence-corrected chi connectivity index (χ2v) is 6.88. The first-order valence-corrected chi connectivity index (χ1v) is 8.17. The summed E-state index contributed by atoms with van der Waals surface area (Å²) in [5.74, 6) is 1.85. The molecule has 0 bridgehead atoms. The number of nitrogens with one attached hydrogen (secondary N) is 1. The number of nitrogens with zero attached hydrogens (tertiary/aromatic N) is 1. The molecular weight excluding hydrogens is 228 g/mol. The van der Waals surface area contributed by atoms with Crippen molar-refractivity contribution in [3.05, 3.63) is 0 Å². The monoisotopic (exact) mass is 246 g/mol. The van der Waals surface area contributed by atoms with Crippen molar-refractivity contribution >= 4 is 27.7 Å². The molecule has 0 radical (unpaired) electrons. The smallest absolute Gasteiger partial charge is 0.157 e. The lowest BCUT2D eigenvalue weighted by molar-refractivity contribution is 0.453. The molecular formula is C10H18N2OS2. The Labute approximate surface area is 98.0 Å². The Morgan fingerprint density at radius 2 is 2.27 bits per heavy atom. The van der Waals surface area contributed by atoms with Crippen LogP contribution in [0.4, 0.5) is 0 Å². The number of aliphatic imine (C=N–C) groups is 1. The Kier molecular flexibility index (Phi) is 3.72. The third kappa shape index (κ3) is 2.97. The lowest BCUT2D eigenvalue weighted by Crippen LogP contribution is -2.40. The van der Waals surface area contributed by atoms with Gasteiger partial charge in [0, 0.05) is 34.1 Å². The SMILES string of the molecule is CS(=O)CCN=C1NC2(CCCC2)CS1. The van der Waals surface area contributed by atoms with Gasteiger partial charge >= 0.3 is 0 Å². The normalized spacial score (nSPS) is 28.5. The average molecular weight is 246 g/mol. The predicted octanol–water partition coefficient (Wildman–Crippen LogP) is 1.37. The van der Waals surface area contributed by atoms with E-state index < -0.39 is 10.8 Å².